The maximum Gasteiger partial charge on any atom is 0.222 e. The third-order valence-corrected chi connectivity index (χ3v) is 2.07. The van der Waals surface area contributed by atoms with E-state index in [-0.39, 0.29) is 5.91 Å². The molecule has 13 heavy (non-hydrogen) atoms. The fourth-order valence-corrected chi connectivity index (χ4v) is 1.22. The van der Waals surface area contributed by atoms with Crippen LogP contribution in [0.1, 0.15) is 39.5 Å². The molecule has 3 nitrogen and oxygen atoms in total. The summed E-state index contributed by atoms with van der Waals surface area (Å²) in [6.07, 6.45) is 3.75. The fourth-order valence-electron chi connectivity index (χ4n) is 1.22. The minimum atomic E-state index is 0.252. The van der Waals surface area contributed by atoms with Crippen LogP contribution < -0.4 is 5.73 Å². The number of nitrogens with two attached hydrogens (primary N) is 1. The maximum absolute atomic E-state index is 11.4. The second kappa shape index (κ2) is 8.05. The van der Waals surface area contributed by atoms with Crippen LogP contribution >= 0.6 is 0 Å². The number of nitrogens with zero attached hydrogens (tertiary/aromatic N) is 1. The molecule has 0 fully saturated rings. The number of carbonyl (C=O) groups is 1. The molecule has 78 valence electrons. The largest absolute Gasteiger partial charge is 0.343 e. The molecule has 0 bridgehead atoms. The van der Waals surface area contributed by atoms with E-state index in [0.717, 1.165) is 32.4 Å². The van der Waals surface area contributed by atoms with Crippen LogP contribution in [0.4, 0.5) is 0 Å². The van der Waals surface area contributed by atoms with E-state index in [1.165, 1.54) is 0 Å². The Labute approximate surface area is 81.3 Å². The van der Waals surface area contributed by atoms with E-state index in [1.54, 1.807) is 0 Å². The first-order valence-electron chi connectivity index (χ1n) is 5.24. The van der Waals surface area contributed by atoms with Crippen molar-refractivity contribution in [2.45, 2.75) is 39.5 Å². The Morgan fingerprint density at radius 2 is 1.85 bits per heavy atom. The van der Waals surface area contributed by atoms with Crippen molar-refractivity contribution in [2.75, 3.05) is 19.6 Å². The lowest BCUT2D eigenvalue weighted by molar-refractivity contribution is -0.131. The van der Waals surface area contributed by atoms with Gasteiger partial charge in [-0.3, -0.25) is 4.79 Å². The van der Waals surface area contributed by atoms with E-state index >= 15 is 0 Å². The molecule has 0 saturated carbocycles. The fraction of sp³-hybridized carbons (Fsp3) is 0.900. The zero-order valence-corrected chi connectivity index (χ0v) is 8.88. The summed E-state index contributed by atoms with van der Waals surface area (Å²) in [7, 11) is 0. The second-order valence-corrected chi connectivity index (χ2v) is 3.23. The standard InChI is InChI=1S/C10H22N2O/c1-3-5-8-12(9-6-7-11)10(13)4-2/h3-9,11H2,1-2H3. The molecular formula is C10H22N2O. The summed E-state index contributed by atoms with van der Waals surface area (Å²) >= 11 is 0. The van der Waals surface area contributed by atoms with E-state index in [1.807, 2.05) is 11.8 Å². The lowest BCUT2D eigenvalue weighted by Crippen LogP contribution is -2.33. The topological polar surface area (TPSA) is 46.3 Å². The molecule has 0 radical (unpaired) electrons. The Balaban J connectivity index is 3.79. The van der Waals surface area contributed by atoms with Gasteiger partial charge in [0.15, 0.2) is 0 Å². The average molecular weight is 186 g/mol. The Bertz CT molecular complexity index is 129. The molecule has 1 amide bonds. The minimum absolute atomic E-state index is 0.252. The van der Waals surface area contributed by atoms with Crippen LogP contribution in [0.15, 0.2) is 0 Å². The van der Waals surface area contributed by atoms with Crippen molar-refractivity contribution in [3.05, 3.63) is 0 Å². The van der Waals surface area contributed by atoms with Gasteiger partial charge in [0.1, 0.15) is 0 Å². The van der Waals surface area contributed by atoms with Crippen LogP contribution in [0.3, 0.4) is 0 Å². The smallest absolute Gasteiger partial charge is 0.222 e. The zero-order chi connectivity index (χ0) is 10.1. The van der Waals surface area contributed by atoms with Crippen molar-refractivity contribution in [1.82, 2.24) is 4.90 Å². The molecule has 0 aromatic rings. The summed E-state index contributed by atoms with van der Waals surface area (Å²) in [5, 5.41) is 0. The number of amides is 1. The van der Waals surface area contributed by atoms with Crippen molar-refractivity contribution in [3.8, 4) is 0 Å². The normalized spacial score (nSPS) is 10.1. The first kappa shape index (κ1) is 12.4. The molecule has 0 saturated heterocycles. The second-order valence-electron chi connectivity index (χ2n) is 3.23. The molecule has 0 unspecified atom stereocenters. The highest BCUT2D eigenvalue weighted by Gasteiger charge is 2.08. The monoisotopic (exact) mass is 186 g/mol. The molecular weight excluding hydrogens is 164 g/mol. The Morgan fingerprint density at radius 1 is 1.23 bits per heavy atom. The van der Waals surface area contributed by atoms with Crippen LogP contribution in [0, 0.1) is 0 Å². The molecule has 0 aliphatic carbocycles. The number of rotatable bonds is 7. The van der Waals surface area contributed by atoms with E-state index < -0.39 is 0 Å². The first-order valence-corrected chi connectivity index (χ1v) is 5.24. The number of carbonyl (C=O) groups excluding carboxylic acids is 1. The van der Waals surface area contributed by atoms with Gasteiger partial charge in [0.2, 0.25) is 5.91 Å². The van der Waals surface area contributed by atoms with Gasteiger partial charge in [-0.1, -0.05) is 20.3 Å². The van der Waals surface area contributed by atoms with Crippen molar-refractivity contribution < 1.29 is 4.79 Å². The van der Waals surface area contributed by atoms with Gasteiger partial charge in [0, 0.05) is 19.5 Å². The molecule has 0 spiro atoms. The van der Waals surface area contributed by atoms with E-state index in [0.29, 0.717) is 13.0 Å². The highest BCUT2D eigenvalue weighted by atomic mass is 16.2. The lowest BCUT2D eigenvalue weighted by Gasteiger charge is -2.21. The van der Waals surface area contributed by atoms with Gasteiger partial charge in [0.05, 0.1) is 0 Å². The molecule has 0 aliphatic heterocycles. The summed E-state index contributed by atoms with van der Waals surface area (Å²) < 4.78 is 0. The highest BCUT2D eigenvalue weighted by Crippen LogP contribution is 1.99. The van der Waals surface area contributed by atoms with Crippen LogP contribution in [-0.4, -0.2) is 30.4 Å². The number of unbranched alkanes of at least 4 members (excludes halogenated alkanes) is 1. The van der Waals surface area contributed by atoms with Gasteiger partial charge in [0.25, 0.3) is 0 Å². The van der Waals surface area contributed by atoms with E-state index in [4.69, 9.17) is 5.73 Å². The highest BCUT2D eigenvalue weighted by molar-refractivity contribution is 5.75. The minimum Gasteiger partial charge on any atom is -0.343 e. The third-order valence-electron chi connectivity index (χ3n) is 2.07. The zero-order valence-electron chi connectivity index (χ0n) is 8.88. The Hall–Kier alpha value is -0.570. The van der Waals surface area contributed by atoms with Gasteiger partial charge in [-0.05, 0) is 19.4 Å². The molecule has 0 heterocycles. The summed E-state index contributed by atoms with van der Waals surface area (Å²) in [4.78, 5) is 13.3. The number of hydrogen-bond donors (Lipinski definition) is 1. The van der Waals surface area contributed by atoms with Crippen LogP contribution in [0.25, 0.3) is 0 Å². The molecule has 2 N–H and O–H groups in total. The van der Waals surface area contributed by atoms with E-state index in [2.05, 4.69) is 6.92 Å². The van der Waals surface area contributed by atoms with Crippen LogP contribution in [0.2, 0.25) is 0 Å². The van der Waals surface area contributed by atoms with Gasteiger partial charge in [-0.25, -0.2) is 0 Å². The summed E-state index contributed by atoms with van der Waals surface area (Å²) in [6, 6.07) is 0. The van der Waals surface area contributed by atoms with Crippen LogP contribution in [0.5, 0.6) is 0 Å². The van der Waals surface area contributed by atoms with E-state index in [9.17, 15) is 4.79 Å². The van der Waals surface area contributed by atoms with Crippen molar-refractivity contribution in [3.63, 3.8) is 0 Å². The molecule has 0 aromatic heterocycles. The van der Waals surface area contributed by atoms with Gasteiger partial charge < -0.3 is 10.6 Å². The molecule has 3 heteroatoms. The van der Waals surface area contributed by atoms with Crippen molar-refractivity contribution in [2.24, 2.45) is 5.73 Å². The molecule has 0 atom stereocenters. The quantitative estimate of drug-likeness (QED) is 0.653. The van der Waals surface area contributed by atoms with Gasteiger partial charge in [-0.15, -0.1) is 0 Å². The van der Waals surface area contributed by atoms with Crippen molar-refractivity contribution in [1.29, 1.82) is 0 Å². The maximum atomic E-state index is 11.4. The Morgan fingerprint density at radius 3 is 2.31 bits per heavy atom. The summed E-state index contributed by atoms with van der Waals surface area (Å²) in [5.74, 6) is 0.252. The predicted octanol–water partition coefficient (Wildman–Crippen LogP) is 1.37. The molecule has 0 aromatic carbocycles. The van der Waals surface area contributed by atoms with Gasteiger partial charge in [-0.2, -0.15) is 0 Å². The lowest BCUT2D eigenvalue weighted by atomic mass is 10.2. The third kappa shape index (κ3) is 5.64. The van der Waals surface area contributed by atoms with Crippen molar-refractivity contribution >= 4 is 5.91 Å². The average Bonchev–Trinajstić information content (AvgIpc) is 2.17. The summed E-state index contributed by atoms with van der Waals surface area (Å²) in [5.41, 5.74) is 5.41. The summed E-state index contributed by atoms with van der Waals surface area (Å²) in [6.45, 7) is 6.42. The Kier molecular flexibility index (Phi) is 7.69. The SMILES string of the molecule is CCCCN(CCCN)C(=O)CC. The molecule has 0 rings (SSSR count). The van der Waals surface area contributed by atoms with Crippen LogP contribution in [-0.2, 0) is 4.79 Å². The first-order chi connectivity index (χ1) is 6.26. The molecule has 0 aliphatic rings. The predicted molar refractivity (Wildman–Crippen MR) is 55.5 cm³/mol. The van der Waals surface area contributed by atoms with Gasteiger partial charge >= 0.3 is 0 Å². The number of hydrogen-bond acceptors (Lipinski definition) is 2.